The molecule has 74 valence electrons. The number of hydrogen-bond donors (Lipinski definition) is 1. The molecule has 0 unspecified atom stereocenters. The van der Waals surface area contributed by atoms with Crippen molar-refractivity contribution in [1.29, 1.82) is 0 Å². The molecule has 3 nitrogen and oxygen atoms in total. The number of hydrogen-bond acceptors (Lipinski definition) is 3. The molecule has 0 saturated heterocycles. The fourth-order valence-corrected chi connectivity index (χ4v) is 3.92. The Morgan fingerprint density at radius 1 is 1.71 bits per heavy atom. The van der Waals surface area contributed by atoms with E-state index in [0.717, 1.165) is 25.0 Å². The summed E-state index contributed by atoms with van der Waals surface area (Å²) in [6.07, 6.45) is 3.11. The first-order valence-electron chi connectivity index (χ1n) is 4.85. The van der Waals surface area contributed by atoms with Gasteiger partial charge in [-0.25, -0.2) is 4.98 Å². The average Bonchev–Trinajstić information content (AvgIpc) is 2.77. The van der Waals surface area contributed by atoms with Crippen LogP contribution in [-0.2, 0) is 10.2 Å². The third-order valence-electron chi connectivity index (χ3n) is 3.86. The Kier molecular flexibility index (Phi) is 1.54. The maximum atomic E-state index is 11.1. The van der Waals surface area contributed by atoms with E-state index in [9.17, 15) is 4.79 Å². The summed E-state index contributed by atoms with van der Waals surface area (Å²) in [5, 5.41) is 11.2. The molecule has 1 aromatic rings. The molecule has 1 aromatic heterocycles. The second-order valence-electron chi connectivity index (χ2n) is 4.35. The Morgan fingerprint density at radius 2 is 2.57 bits per heavy atom. The van der Waals surface area contributed by atoms with Crippen molar-refractivity contribution in [2.24, 2.45) is 11.8 Å². The van der Waals surface area contributed by atoms with Crippen molar-refractivity contribution < 1.29 is 9.90 Å². The highest BCUT2D eigenvalue weighted by Crippen LogP contribution is 2.63. The average molecular weight is 209 g/mol. The molecule has 1 heterocycles. The van der Waals surface area contributed by atoms with Crippen LogP contribution in [-0.4, -0.2) is 16.1 Å². The topological polar surface area (TPSA) is 50.2 Å². The molecule has 4 rings (SSSR count). The summed E-state index contributed by atoms with van der Waals surface area (Å²) in [7, 11) is 0. The second kappa shape index (κ2) is 2.57. The van der Waals surface area contributed by atoms with Gasteiger partial charge in [0, 0.05) is 10.8 Å². The van der Waals surface area contributed by atoms with Crippen LogP contribution in [0.25, 0.3) is 0 Å². The van der Waals surface area contributed by atoms with Gasteiger partial charge in [-0.2, -0.15) is 0 Å². The molecule has 0 radical (unpaired) electrons. The lowest BCUT2D eigenvalue weighted by Gasteiger charge is -2.43. The van der Waals surface area contributed by atoms with Crippen LogP contribution in [0, 0.1) is 11.8 Å². The van der Waals surface area contributed by atoms with Gasteiger partial charge in [-0.05, 0) is 25.2 Å². The highest BCUT2D eigenvalue weighted by Gasteiger charge is 2.63. The van der Waals surface area contributed by atoms with Gasteiger partial charge in [0.25, 0.3) is 0 Å². The molecule has 1 N–H and O–H groups in total. The molecule has 0 amide bonds. The summed E-state index contributed by atoms with van der Waals surface area (Å²) in [5.74, 6) is -0.384. The van der Waals surface area contributed by atoms with Crippen molar-refractivity contribution in [3.05, 3.63) is 16.6 Å². The van der Waals surface area contributed by atoms with Crippen molar-refractivity contribution in [3.8, 4) is 0 Å². The molecule has 0 aliphatic heterocycles. The minimum Gasteiger partial charge on any atom is -0.481 e. The molecular formula is C10H11NO2S. The van der Waals surface area contributed by atoms with Crippen LogP contribution in [0.5, 0.6) is 0 Å². The van der Waals surface area contributed by atoms with E-state index in [2.05, 4.69) is 4.98 Å². The third-order valence-corrected chi connectivity index (χ3v) is 4.45. The zero-order chi connectivity index (χ0) is 9.76. The zero-order valence-electron chi connectivity index (χ0n) is 7.64. The normalized spacial score (nSPS) is 39.4. The van der Waals surface area contributed by atoms with Crippen LogP contribution >= 0.6 is 11.3 Å². The number of thiazole rings is 1. The minimum absolute atomic E-state index is 0.101. The number of nitrogens with zero attached hydrogens (tertiary/aromatic N) is 1. The van der Waals surface area contributed by atoms with Crippen LogP contribution in [0.2, 0.25) is 0 Å². The maximum Gasteiger partial charge on any atom is 0.307 e. The van der Waals surface area contributed by atoms with Crippen LogP contribution in [0.3, 0.4) is 0 Å². The standard InChI is InChI=1S/C10H11NO2S/c12-9(13)8-6-1-2-10(8,3-6)7-4-14-5-11-7/h4-6,8H,1-3H2,(H,12,13)/t6-,8-,10+/m1/s1. The third kappa shape index (κ3) is 0.823. The van der Waals surface area contributed by atoms with Crippen molar-refractivity contribution in [3.63, 3.8) is 0 Å². The van der Waals surface area contributed by atoms with E-state index >= 15 is 0 Å². The molecule has 3 atom stereocenters. The molecule has 3 fully saturated rings. The predicted octanol–water partition coefficient (Wildman–Crippen LogP) is 1.90. The van der Waals surface area contributed by atoms with E-state index in [1.807, 2.05) is 5.38 Å². The van der Waals surface area contributed by atoms with Gasteiger partial charge >= 0.3 is 5.97 Å². The van der Waals surface area contributed by atoms with Crippen LogP contribution in [0.15, 0.2) is 10.9 Å². The number of fused-ring (bicyclic) bond motifs is 1. The molecule has 0 aromatic carbocycles. The fraction of sp³-hybridized carbons (Fsp3) is 0.600. The Labute approximate surface area is 85.8 Å². The van der Waals surface area contributed by atoms with Gasteiger partial charge in [0.05, 0.1) is 17.1 Å². The summed E-state index contributed by atoms with van der Waals surface area (Å²) in [6, 6.07) is 0. The Morgan fingerprint density at radius 3 is 3.14 bits per heavy atom. The van der Waals surface area contributed by atoms with Gasteiger partial charge in [0.2, 0.25) is 0 Å². The molecular weight excluding hydrogens is 198 g/mol. The molecule has 2 bridgehead atoms. The highest BCUT2D eigenvalue weighted by atomic mass is 32.1. The molecule has 14 heavy (non-hydrogen) atoms. The van der Waals surface area contributed by atoms with E-state index in [4.69, 9.17) is 5.11 Å². The van der Waals surface area contributed by atoms with Gasteiger partial charge in [-0.15, -0.1) is 11.3 Å². The Hall–Kier alpha value is -0.900. The lowest BCUT2D eigenvalue weighted by atomic mass is 9.59. The number of carboxylic acids is 1. The lowest BCUT2D eigenvalue weighted by molar-refractivity contribution is -0.150. The predicted molar refractivity (Wildman–Crippen MR) is 52.3 cm³/mol. The quantitative estimate of drug-likeness (QED) is 0.809. The molecule has 3 saturated carbocycles. The van der Waals surface area contributed by atoms with Crippen molar-refractivity contribution >= 4 is 17.3 Å². The fourth-order valence-electron chi connectivity index (χ4n) is 3.26. The first-order chi connectivity index (χ1) is 6.74. The Balaban J connectivity index is 2.01. The zero-order valence-corrected chi connectivity index (χ0v) is 8.46. The van der Waals surface area contributed by atoms with E-state index in [1.54, 1.807) is 16.8 Å². The van der Waals surface area contributed by atoms with E-state index in [0.29, 0.717) is 5.92 Å². The summed E-state index contributed by atoms with van der Waals surface area (Å²) < 4.78 is 0. The summed E-state index contributed by atoms with van der Waals surface area (Å²) >= 11 is 1.56. The molecule has 0 spiro atoms. The number of aliphatic carboxylic acids is 1. The Bertz CT molecular complexity index is 371. The number of carboxylic acid groups (broad SMARTS) is 1. The SMILES string of the molecule is O=C(O)[C@H]1[C@@H]2CC[C@@]1(c1cscn1)C2. The molecule has 3 aliphatic carbocycles. The van der Waals surface area contributed by atoms with Crippen molar-refractivity contribution in [1.82, 2.24) is 4.98 Å². The first-order valence-corrected chi connectivity index (χ1v) is 5.80. The van der Waals surface area contributed by atoms with Crippen molar-refractivity contribution in [2.45, 2.75) is 24.7 Å². The minimum atomic E-state index is -0.633. The van der Waals surface area contributed by atoms with E-state index in [-0.39, 0.29) is 11.3 Å². The number of rotatable bonds is 2. The smallest absolute Gasteiger partial charge is 0.307 e. The van der Waals surface area contributed by atoms with E-state index < -0.39 is 5.97 Å². The number of aromatic nitrogens is 1. The van der Waals surface area contributed by atoms with Crippen LogP contribution in [0.1, 0.15) is 25.0 Å². The van der Waals surface area contributed by atoms with Gasteiger partial charge in [0.1, 0.15) is 0 Å². The monoisotopic (exact) mass is 209 g/mol. The maximum absolute atomic E-state index is 11.1. The largest absolute Gasteiger partial charge is 0.481 e. The molecule has 4 heteroatoms. The van der Waals surface area contributed by atoms with Gasteiger partial charge in [0.15, 0.2) is 0 Å². The van der Waals surface area contributed by atoms with Gasteiger partial charge < -0.3 is 5.11 Å². The molecule has 3 aliphatic rings. The van der Waals surface area contributed by atoms with Gasteiger partial charge in [-0.1, -0.05) is 0 Å². The second-order valence-corrected chi connectivity index (χ2v) is 5.07. The van der Waals surface area contributed by atoms with E-state index in [1.165, 1.54) is 0 Å². The first kappa shape index (κ1) is 8.41. The van der Waals surface area contributed by atoms with Crippen LogP contribution in [0.4, 0.5) is 0 Å². The summed E-state index contributed by atoms with van der Waals surface area (Å²) in [4.78, 5) is 15.4. The highest BCUT2D eigenvalue weighted by molar-refractivity contribution is 7.07. The van der Waals surface area contributed by atoms with Crippen LogP contribution < -0.4 is 0 Å². The lowest BCUT2D eigenvalue weighted by Crippen LogP contribution is -2.48. The summed E-state index contributed by atoms with van der Waals surface area (Å²) in [6.45, 7) is 0. The summed E-state index contributed by atoms with van der Waals surface area (Å²) in [5.41, 5.74) is 2.72. The number of carbonyl (C=O) groups is 1. The van der Waals surface area contributed by atoms with Crippen molar-refractivity contribution in [2.75, 3.05) is 0 Å². The van der Waals surface area contributed by atoms with Gasteiger partial charge in [-0.3, -0.25) is 4.79 Å².